The van der Waals surface area contributed by atoms with Crippen molar-refractivity contribution in [3.05, 3.63) is 69.6 Å². The third-order valence-electron chi connectivity index (χ3n) is 6.27. The van der Waals surface area contributed by atoms with Gasteiger partial charge < -0.3 is 15.4 Å². The van der Waals surface area contributed by atoms with Crippen molar-refractivity contribution in [2.75, 3.05) is 20.3 Å². The van der Waals surface area contributed by atoms with Gasteiger partial charge in [0, 0.05) is 24.5 Å². The predicted molar refractivity (Wildman–Crippen MR) is 130 cm³/mol. The second-order valence-corrected chi connectivity index (χ2v) is 9.06. The van der Waals surface area contributed by atoms with Crippen molar-refractivity contribution in [2.45, 2.75) is 66.0 Å². The molecule has 5 heteroatoms. The first kappa shape index (κ1) is 24.2. The topological polar surface area (TPSA) is 46.2 Å². The molecule has 2 aliphatic carbocycles. The van der Waals surface area contributed by atoms with Crippen LogP contribution in [0.1, 0.15) is 57.6 Å². The Labute approximate surface area is 192 Å². The molecule has 0 aliphatic heterocycles. The molecule has 2 aliphatic rings. The maximum absolute atomic E-state index is 12.4. The highest BCUT2D eigenvalue weighted by Gasteiger charge is 2.27. The fourth-order valence-corrected chi connectivity index (χ4v) is 4.57. The molecule has 1 atom stereocenters. The van der Waals surface area contributed by atoms with Crippen LogP contribution in [0.5, 0.6) is 5.88 Å². The Morgan fingerprint density at radius 1 is 1.31 bits per heavy atom. The predicted octanol–water partition coefficient (Wildman–Crippen LogP) is 5.71. The van der Waals surface area contributed by atoms with Gasteiger partial charge in [-0.15, -0.1) is 0 Å². The summed E-state index contributed by atoms with van der Waals surface area (Å²) in [7, 11) is 2.02. The number of rotatable bonds is 9. The van der Waals surface area contributed by atoms with Crippen molar-refractivity contribution in [2.24, 2.45) is 5.92 Å². The minimum Gasteiger partial charge on any atom is -0.475 e. The second kappa shape index (κ2) is 11.5. The van der Waals surface area contributed by atoms with Crippen molar-refractivity contribution < 1.29 is 9.13 Å². The lowest BCUT2D eigenvalue weighted by atomic mass is 9.76. The van der Waals surface area contributed by atoms with E-state index in [4.69, 9.17) is 4.74 Å². The lowest BCUT2D eigenvalue weighted by molar-refractivity contribution is 0.263. The lowest BCUT2D eigenvalue weighted by Crippen LogP contribution is -2.28. The fourth-order valence-electron chi connectivity index (χ4n) is 4.57. The molecule has 0 amide bonds. The average Bonchev–Trinajstić information content (AvgIpc) is 2.88. The van der Waals surface area contributed by atoms with E-state index < -0.39 is 6.67 Å². The third-order valence-corrected chi connectivity index (χ3v) is 6.27. The minimum atomic E-state index is -0.511. The number of likely N-dealkylation sites (N-methyl/N-ethyl adjacent to an activating group) is 1. The number of hydrogen-bond acceptors (Lipinski definition) is 4. The molecule has 1 heterocycles. The first-order chi connectivity index (χ1) is 15.5. The van der Waals surface area contributed by atoms with E-state index in [0.29, 0.717) is 18.3 Å². The molecule has 0 aromatic carbocycles. The number of ether oxygens (including phenoxy) is 1. The van der Waals surface area contributed by atoms with Crippen LogP contribution in [0.15, 0.2) is 58.5 Å². The van der Waals surface area contributed by atoms with Gasteiger partial charge in [-0.2, -0.15) is 0 Å². The van der Waals surface area contributed by atoms with Crippen LogP contribution in [0.4, 0.5) is 4.39 Å². The second-order valence-electron chi connectivity index (χ2n) is 9.06. The Kier molecular flexibility index (Phi) is 8.68. The minimum absolute atomic E-state index is 0.0403. The van der Waals surface area contributed by atoms with E-state index in [1.54, 1.807) is 11.8 Å². The van der Waals surface area contributed by atoms with Gasteiger partial charge in [-0.1, -0.05) is 37.1 Å². The summed E-state index contributed by atoms with van der Waals surface area (Å²) >= 11 is 0. The van der Waals surface area contributed by atoms with Crippen molar-refractivity contribution in [3.8, 4) is 5.88 Å². The quantitative estimate of drug-likeness (QED) is 0.484. The Balaban J connectivity index is 1.87. The molecular formula is C27H38FN3O. The van der Waals surface area contributed by atoms with Crippen molar-refractivity contribution >= 4 is 0 Å². The number of pyridine rings is 1. The van der Waals surface area contributed by atoms with Gasteiger partial charge in [0.25, 0.3) is 0 Å². The molecule has 174 valence electrons. The zero-order valence-electron chi connectivity index (χ0n) is 20.2. The van der Waals surface area contributed by atoms with Gasteiger partial charge in [0.2, 0.25) is 5.88 Å². The van der Waals surface area contributed by atoms with Gasteiger partial charge >= 0.3 is 0 Å². The highest BCUT2D eigenvalue weighted by atomic mass is 19.1. The van der Waals surface area contributed by atoms with Crippen LogP contribution in [0, 0.1) is 12.8 Å². The van der Waals surface area contributed by atoms with Gasteiger partial charge in [-0.25, -0.2) is 9.37 Å². The van der Waals surface area contributed by atoms with Crippen molar-refractivity contribution in [1.82, 2.24) is 15.6 Å². The number of nitrogens with one attached hydrogen (secondary N) is 2. The van der Waals surface area contributed by atoms with Gasteiger partial charge in [0.05, 0.1) is 6.04 Å². The summed E-state index contributed by atoms with van der Waals surface area (Å²) in [5.41, 5.74) is 9.32. The van der Waals surface area contributed by atoms with Crippen LogP contribution in [-0.4, -0.2) is 31.4 Å². The first-order valence-corrected chi connectivity index (χ1v) is 11.8. The molecule has 4 nitrogen and oxygen atoms in total. The zero-order chi connectivity index (χ0) is 23.1. The summed E-state index contributed by atoms with van der Waals surface area (Å²) in [6.45, 7) is 9.05. The monoisotopic (exact) mass is 439 g/mol. The molecule has 1 aromatic heterocycles. The van der Waals surface area contributed by atoms with E-state index in [0.717, 1.165) is 17.5 Å². The zero-order valence-corrected chi connectivity index (χ0v) is 20.2. The Bertz CT molecular complexity index is 921. The summed E-state index contributed by atoms with van der Waals surface area (Å²) in [6, 6.07) is 2.22. The number of hydrogen-bond donors (Lipinski definition) is 2. The third kappa shape index (κ3) is 5.69. The van der Waals surface area contributed by atoms with Crippen LogP contribution in [-0.2, 0) is 6.54 Å². The molecule has 1 aromatic rings. The van der Waals surface area contributed by atoms with Crippen LogP contribution in [0.2, 0.25) is 0 Å². The number of aryl methyl sites for hydroxylation is 1. The van der Waals surface area contributed by atoms with Gasteiger partial charge in [0.1, 0.15) is 13.3 Å². The maximum atomic E-state index is 12.4. The molecule has 2 N–H and O–H groups in total. The summed E-state index contributed by atoms with van der Waals surface area (Å²) in [5, 5.41) is 7.03. The molecule has 1 unspecified atom stereocenters. The van der Waals surface area contributed by atoms with Gasteiger partial charge in [-0.3, -0.25) is 0 Å². The molecule has 0 saturated heterocycles. The largest absolute Gasteiger partial charge is 0.475 e. The molecule has 32 heavy (non-hydrogen) atoms. The Hall–Kier alpha value is -2.40. The highest BCUT2D eigenvalue weighted by molar-refractivity contribution is 5.57. The standard InChI is InChI=1S/C27H38FN3O/c1-18(2)25(22-9-7-10-22)26-19(3)8-6-11-24(29-5)23(26)17-30-15-21-14-20(4)27(31-16-21)32-13-12-28/h6,11,14,16-18,24,29-30H,7-10,12-13,15H2,1-5H3/b23-17+. The fraction of sp³-hybridized carbons (Fsp3) is 0.519. The van der Waals surface area contributed by atoms with E-state index in [1.165, 1.54) is 41.6 Å². The summed E-state index contributed by atoms with van der Waals surface area (Å²) in [6.07, 6.45) is 13.3. The number of aromatic nitrogens is 1. The molecule has 0 bridgehead atoms. The van der Waals surface area contributed by atoms with Crippen molar-refractivity contribution in [3.63, 3.8) is 0 Å². The Morgan fingerprint density at radius 3 is 2.69 bits per heavy atom. The number of nitrogens with zero attached hydrogens (tertiary/aromatic N) is 1. The number of alkyl halides is 1. The Morgan fingerprint density at radius 2 is 2.09 bits per heavy atom. The smallest absolute Gasteiger partial charge is 0.216 e. The van der Waals surface area contributed by atoms with E-state index in [1.807, 2.05) is 20.0 Å². The van der Waals surface area contributed by atoms with E-state index in [9.17, 15) is 4.39 Å². The average molecular weight is 440 g/mol. The number of halogens is 1. The molecule has 0 radical (unpaired) electrons. The summed E-state index contributed by atoms with van der Waals surface area (Å²) < 4.78 is 17.7. The van der Waals surface area contributed by atoms with Crippen LogP contribution >= 0.6 is 0 Å². The summed E-state index contributed by atoms with van der Waals surface area (Å²) in [5.74, 6) is 1.00. The lowest BCUT2D eigenvalue weighted by Gasteiger charge is -2.30. The van der Waals surface area contributed by atoms with E-state index in [-0.39, 0.29) is 12.6 Å². The maximum Gasteiger partial charge on any atom is 0.216 e. The normalized spacial score (nSPS) is 19.9. The summed E-state index contributed by atoms with van der Waals surface area (Å²) in [4.78, 5) is 4.36. The van der Waals surface area contributed by atoms with Crippen LogP contribution in [0.3, 0.4) is 0 Å². The highest BCUT2D eigenvalue weighted by Crippen LogP contribution is 2.41. The SMILES string of the molecule is CNC1C=CCC(C)=C(C(=C2CCC2)C(C)C)/C1=C/NCc1cnc(OCCF)c(C)c1. The number of allylic oxidation sites excluding steroid dienone is 4. The van der Waals surface area contributed by atoms with Crippen molar-refractivity contribution in [1.29, 1.82) is 0 Å². The van der Waals surface area contributed by atoms with Crippen LogP contribution < -0.4 is 15.4 Å². The molecule has 1 fully saturated rings. The van der Waals surface area contributed by atoms with Crippen LogP contribution in [0.25, 0.3) is 0 Å². The molecular weight excluding hydrogens is 401 g/mol. The molecule has 3 rings (SSSR count). The van der Waals surface area contributed by atoms with Gasteiger partial charge in [0.15, 0.2) is 0 Å². The molecule has 1 saturated carbocycles. The van der Waals surface area contributed by atoms with Gasteiger partial charge in [-0.05, 0) is 80.8 Å². The van der Waals surface area contributed by atoms with E-state index >= 15 is 0 Å². The molecule has 0 spiro atoms. The first-order valence-electron chi connectivity index (χ1n) is 11.8. The van der Waals surface area contributed by atoms with E-state index in [2.05, 4.69) is 54.7 Å².